The maximum atomic E-state index is 11.8. The Morgan fingerprint density at radius 3 is 2.75 bits per heavy atom. The van der Waals surface area contributed by atoms with Crippen LogP contribution in [0.3, 0.4) is 0 Å². The van der Waals surface area contributed by atoms with E-state index in [4.69, 9.17) is 18.1 Å². The molecule has 0 amide bonds. The Morgan fingerprint density at radius 2 is 1.94 bits per heavy atom. The molecule has 0 saturated carbocycles. The van der Waals surface area contributed by atoms with Crippen LogP contribution in [-0.2, 0) is 0 Å². The molecule has 5 nitrogen and oxygen atoms in total. The lowest BCUT2D eigenvalue weighted by molar-refractivity contribution is 0.890. The number of benzene rings is 1. The minimum atomic E-state index is -0.324. The minimum absolute atomic E-state index is 0.210. The van der Waals surface area contributed by atoms with Crippen LogP contribution in [0.2, 0.25) is 0 Å². The number of nitrogens with two attached hydrogens (primary N) is 1. The molecule has 0 unspecified atom stereocenters. The normalized spacial score (nSPS) is 11.2. The number of rotatable bonds is 0. The Hall–Kier alpha value is -2.08. The summed E-state index contributed by atoms with van der Waals surface area (Å²) in [7, 11) is 0. The molecule has 2 aromatic heterocycles. The summed E-state index contributed by atoms with van der Waals surface area (Å²) in [5, 5.41) is 0.932. The molecule has 0 bridgehead atoms. The van der Waals surface area contributed by atoms with Crippen molar-refractivity contribution in [2.24, 2.45) is 0 Å². The summed E-state index contributed by atoms with van der Waals surface area (Å²) in [5.41, 5.74) is 1.70. The topological polar surface area (TPSA) is 79.6 Å². The van der Waals surface area contributed by atoms with Crippen molar-refractivity contribution >= 4 is 34.2 Å². The summed E-state index contributed by atoms with van der Waals surface area (Å²) in [6.07, 6.45) is 0. The number of H-pyrrole nitrogens is 2. The first-order chi connectivity index (χ1) is 7.68. The average molecular weight is 232 g/mol. The fourth-order valence-corrected chi connectivity index (χ4v) is 2.00. The summed E-state index contributed by atoms with van der Waals surface area (Å²) in [6.45, 7) is 0. The van der Waals surface area contributed by atoms with Gasteiger partial charge < -0.3 is 15.8 Å². The van der Waals surface area contributed by atoms with Gasteiger partial charge in [-0.1, -0.05) is 18.2 Å². The minimum Gasteiger partial charge on any atom is -0.349 e. The van der Waals surface area contributed by atoms with Gasteiger partial charge in [0.25, 0.3) is 5.56 Å². The number of nitrogen functional groups attached to an aromatic ring is 1. The highest BCUT2D eigenvalue weighted by atomic mass is 32.1. The number of hydrogen-bond acceptors (Lipinski definition) is 3. The van der Waals surface area contributed by atoms with Crippen molar-refractivity contribution in [1.29, 1.82) is 0 Å². The number of fused-ring (bicyclic) bond motifs is 3. The summed E-state index contributed by atoms with van der Waals surface area (Å²) in [6, 6.07) is 7.61. The van der Waals surface area contributed by atoms with Gasteiger partial charge >= 0.3 is 0 Å². The van der Waals surface area contributed by atoms with Crippen LogP contribution in [-0.4, -0.2) is 14.6 Å². The van der Waals surface area contributed by atoms with Gasteiger partial charge in [-0.25, -0.2) is 0 Å². The van der Waals surface area contributed by atoms with Crippen molar-refractivity contribution in [3.8, 4) is 0 Å². The quantitative estimate of drug-likeness (QED) is 0.403. The van der Waals surface area contributed by atoms with Gasteiger partial charge in [0.1, 0.15) is 5.52 Å². The first-order valence-electron chi connectivity index (χ1n) is 4.69. The number of para-hydroxylation sites is 1. The molecule has 0 atom stereocenters. The van der Waals surface area contributed by atoms with E-state index in [9.17, 15) is 4.79 Å². The molecule has 0 saturated heterocycles. The van der Waals surface area contributed by atoms with Crippen LogP contribution in [0.25, 0.3) is 21.9 Å². The Kier molecular flexibility index (Phi) is 1.69. The highest BCUT2D eigenvalue weighted by molar-refractivity contribution is 7.71. The van der Waals surface area contributed by atoms with E-state index in [1.165, 1.54) is 0 Å². The van der Waals surface area contributed by atoms with Crippen LogP contribution in [0, 0.1) is 4.77 Å². The standard InChI is InChI=1S/C10H8N4OS/c11-14-9(15)8-7(13-10(14)16)5-3-1-2-4-6(5)12-8/h1-4,12H,11H2,(H,13,16). The fraction of sp³-hybridized carbons (Fsp3) is 0. The summed E-state index contributed by atoms with van der Waals surface area (Å²) >= 11 is 4.97. The molecular weight excluding hydrogens is 224 g/mol. The predicted molar refractivity (Wildman–Crippen MR) is 65.4 cm³/mol. The third kappa shape index (κ3) is 1.04. The van der Waals surface area contributed by atoms with Gasteiger partial charge in [-0.15, -0.1) is 0 Å². The van der Waals surface area contributed by atoms with Crippen LogP contribution in [0.15, 0.2) is 29.1 Å². The highest BCUT2D eigenvalue weighted by Crippen LogP contribution is 2.20. The predicted octanol–water partition coefficient (Wildman–Crippen LogP) is 1.25. The summed E-state index contributed by atoms with van der Waals surface area (Å²) < 4.78 is 1.13. The van der Waals surface area contributed by atoms with Crippen molar-refractivity contribution < 1.29 is 0 Å². The van der Waals surface area contributed by atoms with E-state index < -0.39 is 0 Å². The number of aromatic amines is 2. The maximum Gasteiger partial charge on any atom is 0.297 e. The largest absolute Gasteiger partial charge is 0.349 e. The molecule has 0 fully saturated rings. The molecule has 0 aliphatic rings. The van der Waals surface area contributed by atoms with Gasteiger partial charge in [0, 0.05) is 10.9 Å². The third-order valence-corrected chi connectivity index (χ3v) is 2.89. The van der Waals surface area contributed by atoms with E-state index in [0.29, 0.717) is 11.0 Å². The van der Waals surface area contributed by atoms with Crippen LogP contribution >= 0.6 is 12.2 Å². The number of hydrogen-bond donors (Lipinski definition) is 3. The van der Waals surface area contributed by atoms with Crippen molar-refractivity contribution in [3.05, 3.63) is 39.4 Å². The molecule has 0 aliphatic heterocycles. The van der Waals surface area contributed by atoms with E-state index >= 15 is 0 Å². The molecular formula is C10H8N4OS. The average Bonchev–Trinajstić information content (AvgIpc) is 2.65. The lowest BCUT2D eigenvalue weighted by atomic mass is 10.2. The first kappa shape index (κ1) is 9.17. The van der Waals surface area contributed by atoms with Gasteiger partial charge in [0.2, 0.25) is 0 Å². The van der Waals surface area contributed by atoms with Crippen molar-refractivity contribution in [3.63, 3.8) is 0 Å². The van der Waals surface area contributed by atoms with Crippen LogP contribution in [0.1, 0.15) is 0 Å². The Labute approximate surface area is 94.5 Å². The molecule has 6 heteroatoms. The molecule has 80 valence electrons. The lowest BCUT2D eigenvalue weighted by Gasteiger charge is -1.97. The second-order valence-electron chi connectivity index (χ2n) is 3.53. The second kappa shape index (κ2) is 2.96. The Bertz CT molecular complexity index is 811. The maximum absolute atomic E-state index is 11.8. The number of nitrogens with zero attached hydrogens (tertiary/aromatic N) is 1. The molecule has 3 aromatic rings. The molecule has 4 N–H and O–H groups in total. The first-order valence-corrected chi connectivity index (χ1v) is 5.10. The molecule has 0 radical (unpaired) electrons. The molecule has 0 spiro atoms. The smallest absolute Gasteiger partial charge is 0.297 e. The van der Waals surface area contributed by atoms with Crippen molar-refractivity contribution in [2.45, 2.75) is 0 Å². The molecule has 16 heavy (non-hydrogen) atoms. The zero-order chi connectivity index (χ0) is 11.3. The van der Waals surface area contributed by atoms with Crippen molar-refractivity contribution in [1.82, 2.24) is 14.6 Å². The van der Waals surface area contributed by atoms with Gasteiger partial charge in [0.15, 0.2) is 4.77 Å². The zero-order valence-corrected chi connectivity index (χ0v) is 8.97. The second-order valence-corrected chi connectivity index (χ2v) is 3.91. The van der Waals surface area contributed by atoms with Crippen LogP contribution in [0.5, 0.6) is 0 Å². The molecule has 1 aromatic carbocycles. The van der Waals surface area contributed by atoms with Gasteiger partial charge in [0.05, 0.1) is 5.52 Å². The Morgan fingerprint density at radius 1 is 1.19 bits per heavy atom. The van der Waals surface area contributed by atoms with E-state index in [2.05, 4.69) is 9.97 Å². The molecule has 0 aliphatic carbocycles. The third-order valence-electron chi connectivity index (χ3n) is 2.59. The molecule has 3 rings (SSSR count). The van der Waals surface area contributed by atoms with Gasteiger partial charge in [-0.3, -0.25) is 4.79 Å². The van der Waals surface area contributed by atoms with Gasteiger partial charge in [-0.05, 0) is 18.3 Å². The van der Waals surface area contributed by atoms with Gasteiger partial charge in [-0.2, -0.15) is 4.68 Å². The number of nitrogens with one attached hydrogen (secondary N) is 2. The monoisotopic (exact) mass is 232 g/mol. The molecule has 2 heterocycles. The van der Waals surface area contributed by atoms with Crippen LogP contribution in [0.4, 0.5) is 0 Å². The Balaban J connectivity index is 2.72. The number of aromatic nitrogens is 3. The SMILES string of the molecule is Nn1c(=S)[nH]c2c([nH]c3ccccc32)c1=O. The van der Waals surface area contributed by atoms with E-state index in [1.807, 2.05) is 24.3 Å². The highest BCUT2D eigenvalue weighted by Gasteiger charge is 2.09. The lowest BCUT2D eigenvalue weighted by Crippen LogP contribution is -2.28. The van der Waals surface area contributed by atoms with Crippen LogP contribution < -0.4 is 11.4 Å². The summed E-state index contributed by atoms with van der Waals surface area (Å²) in [4.78, 5) is 17.8. The zero-order valence-electron chi connectivity index (χ0n) is 8.15. The van der Waals surface area contributed by atoms with E-state index in [0.717, 1.165) is 15.6 Å². The van der Waals surface area contributed by atoms with E-state index in [1.54, 1.807) is 0 Å². The van der Waals surface area contributed by atoms with Crippen molar-refractivity contribution in [2.75, 3.05) is 5.84 Å². The fourth-order valence-electron chi connectivity index (χ4n) is 1.81. The summed E-state index contributed by atoms with van der Waals surface area (Å²) in [5.74, 6) is 5.52. The van der Waals surface area contributed by atoms with E-state index in [-0.39, 0.29) is 10.3 Å².